The Morgan fingerprint density at radius 1 is 1.03 bits per heavy atom. The van der Waals surface area contributed by atoms with Gasteiger partial charge in [0.2, 0.25) is 5.13 Å². The van der Waals surface area contributed by atoms with E-state index in [1.807, 2.05) is 11.4 Å². The van der Waals surface area contributed by atoms with Crippen LogP contribution in [0.2, 0.25) is 0 Å². The van der Waals surface area contributed by atoms with E-state index in [0.717, 1.165) is 68.2 Å². The Hall–Kier alpha value is -3.25. The maximum Gasteiger partial charge on any atom is 0.209 e. The molecule has 5 rings (SSSR count). The molecule has 5 nitrogen and oxygen atoms in total. The van der Waals surface area contributed by atoms with Crippen LogP contribution in [0.1, 0.15) is 25.0 Å². The maximum atomic E-state index is 6.45. The minimum Gasteiger partial charge on any atom is -0.453 e. The van der Waals surface area contributed by atoms with E-state index in [1.54, 1.807) is 6.20 Å². The topological polar surface area (TPSA) is 54.5 Å². The van der Waals surface area contributed by atoms with E-state index in [2.05, 4.69) is 67.9 Å². The smallest absolute Gasteiger partial charge is 0.209 e. The van der Waals surface area contributed by atoms with Gasteiger partial charge < -0.3 is 9.32 Å². The van der Waals surface area contributed by atoms with Crippen LogP contribution >= 0.6 is 11.3 Å². The van der Waals surface area contributed by atoms with Crippen LogP contribution in [-0.4, -0.2) is 23.1 Å². The van der Waals surface area contributed by atoms with Crippen molar-refractivity contribution in [2.45, 2.75) is 27.7 Å². The molecule has 1 aliphatic heterocycles. The van der Waals surface area contributed by atoms with Gasteiger partial charge in [-0.15, -0.1) is 11.3 Å². The first-order valence-corrected chi connectivity index (χ1v) is 11.4. The number of aryl methyl sites for hydroxylation is 2. The normalized spacial score (nSPS) is 12.3. The number of anilines is 1. The van der Waals surface area contributed by atoms with Crippen molar-refractivity contribution in [3.05, 3.63) is 64.5 Å². The summed E-state index contributed by atoms with van der Waals surface area (Å²) in [6, 6.07) is 12.7. The summed E-state index contributed by atoms with van der Waals surface area (Å²) in [5, 5.41) is 5.61. The Morgan fingerprint density at radius 2 is 1.87 bits per heavy atom. The van der Waals surface area contributed by atoms with Crippen LogP contribution in [0.3, 0.4) is 0 Å². The Bertz CT molecular complexity index is 1430. The van der Waals surface area contributed by atoms with Crippen LogP contribution in [-0.2, 0) is 0 Å². The predicted octanol–water partition coefficient (Wildman–Crippen LogP) is 6.24. The van der Waals surface area contributed by atoms with Gasteiger partial charge in [0.1, 0.15) is 11.2 Å². The van der Waals surface area contributed by atoms with Crippen molar-refractivity contribution in [1.82, 2.24) is 9.97 Å². The number of nitrogens with zero attached hydrogens (tertiary/aromatic N) is 4. The van der Waals surface area contributed by atoms with Crippen LogP contribution in [0.5, 0.6) is 0 Å². The minimum atomic E-state index is 0.731. The number of hydrogen-bond acceptors (Lipinski definition) is 6. The molecule has 3 aromatic rings. The molecule has 2 aromatic carbocycles. The van der Waals surface area contributed by atoms with Crippen molar-refractivity contribution in [1.29, 1.82) is 0 Å². The van der Waals surface area contributed by atoms with Gasteiger partial charge in [-0.2, -0.15) is 0 Å². The van der Waals surface area contributed by atoms with Crippen LogP contribution in [0.4, 0.5) is 10.8 Å². The van der Waals surface area contributed by atoms with Crippen molar-refractivity contribution < 1.29 is 4.42 Å². The lowest BCUT2D eigenvalue weighted by molar-refractivity contribution is 0.613. The molecule has 1 aliphatic carbocycles. The average molecular weight is 429 g/mol. The van der Waals surface area contributed by atoms with Crippen molar-refractivity contribution >= 4 is 44.0 Å². The highest BCUT2D eigenvalue weighted by Gasteiger charge is 2.17. The molecule has 31 heavy (non-hydrogen) atoms. The summed E-state index contributed by atoms with van der Waals surface area (Å²) >= 11 is 1.52. The molecule has 0 fully saturated rings. The molecular weight excluding hydrogens is 404 g/mol. The summed E-state index contributed by atoms with van der Waals surface area (Å²) in [6.45, 7) is 10.4. The summed E-state index contributed by atoms with van der Waals surface area (Å²) < 4.78 is 6.45. The second-order valence-electron chi connectivity index (χ2n) is 7.71. The van der Waals surface area contributed by atoms with Gasteiger partial charge in [0.25, 0.3) is 0 Å². The Morgan fingerprint density at radius 3 is 2.61 bits per heavy atom. The van der Waals surface area contributed by atoms with E-state index in [0.29, 0.717) is 0 Å². The van der Waals surface area contributed by atoms with Crippen LogP contribution in [0.15, 0.2) is 57.4 Å². The number of hydrogen-bond donors (Lipinski definition) is 0. The third-order valence-corrected chi connectivity index (χ3v) is 6.33. The lowest BCUT2D eigenvalue weighted by Crippen LogP contribution is -2.21. The van der Waals surface area contributed by atoms with Crippen LogP contribution in [0, 0.1) is 13.8 Å². The monoisotopic (exact) mass is 428 g/mol. The molecule has 0 amide bonds. The van der Waals surface area contributed by atoms with E-state index in [4.69, 9.17) is 14.4 Å². The molecule has 0 N–H and O–H groups in total. The zero-order chi connectivity index (χ0) is 21.5. The van der Waals surface area contributed by atoms with Gasteiger partial charge in [-0.25, -0.2) is 15.0 Å². The van der Waals surface area contributed by atoms with E-state index in [1.165, 1.54) is 16.9 Å². The molecule has 156 valence electrons. The molecule has 0 saturated carbocycles. The van der Waals surface area contributed by atoms with Crippen LogP contribution < -0.4 is 10.3 Å². The molecular formula is C25H24N4OS. The molecule has 0 atom stereocenters. The molecule has 0 radical (unpaired) electrons. The third-order valence-electron chi connectivity index (χ3n) is 5.67. The number of fused-ring (bicyclic) bond motifs is 4. The first-order chi connectivity index (χ1) is 15.1. The molecule has 0 saturated heterocycles. The quantitative estimate of drug-likeness (QED) is 0.251. The molecule has 1 aromatic heterocycles. The Balaban J connectivity index is 1.86. The average Bonchev–Trinajstić information content (AvgIpc) is 3.27. The lowest BCUT2D eigenvalue weighted by Gasteiger charge is -2.22. The van der Waals surface area contributed by atoms with Crippen molar-refractivity contribution in [2.24, 2.45) is 4.99 Å². The fourth-order valence-electron chi connectivity index (χ4n) is 4.09. The second kappa shape index (κ2) is 7.78. The van der Waals surface area contributed by atoms with Gasteiger partial charge in [0.15, 0.2) is 11.3 Å². The maximum absolute atomic E-state index is 6.45. The number of rotatable bonds is 4. The van der Waals surface area contributed by atoms with Gasteiger partial charge in [-0.05, 0) is 45.4 Å². The molecule has 0 unspecified atom stereocenters. The summed E-state index contributed by atoms with van der Waals surface area (Å²) in [5.74, 6) is 0.733. The van der Waals surface area contributed by atoms with Gasteiger partial charge in [0, 0.05) is 53.3 Å². The summed E-state index contributed by atoms with van der Waals surface area (Å²) in [4.78, 5) is 16.5. The summed E-state index contributed by atoms with van der Waals surface area (Å²) in [6.07, 6.45) is 1.77. The van der Waals surface area contributed by atoms with Crippen molar-refractivity contribution in [3.63, 3.8) is 0 Å². The molecule has 2 aliphatic rings. The van der Waals surface area contributed by atoms with E-state index >= 15 is 0 Å². The fraction of sp³-hybridized carbons (Fsp3) is 0.240. The van der Waals surface area contributed by atoms with Gasteiger partial charge >= 0.3 is 0 Å². The molecule has 0 spiro atoms. The third kappa shape index (κ3) is 3.47. The standard InChI is InChI=1S/C25H24N4OS/c1-5-29(6-2)17-12-16(4)23-21(13-17)30-22-14-20(27-25-26-9-10-31-25)18-8-7-15(3)11-19(18)24(22)28-23/h7-14H,5-6H2,1-4H3/b27-20-. The lowest BCUT2D eigenvalue weighted by atomic mass is 10.0. The first kappa shape index (κ1) is 19.7. The largest absolute Gasteiger partial charge is 0.453 e. The minimum absolute atomic E-state index is 0.731. The molecule has 0 bridgehead atoms. The Kier molecular flexibility index (Phi) is 4.94. The summed E-state index contributed by atoms with van der Waals surface area (Å²) in [7, 11) is 0. The van der Waals surface area contributed by atoms with Gasteiger partial charge in [0.05, 0.1) is 5.36 Å². The predicted molar refractivity (Wildman–Crippen MR) is 129 cm³/mol. The highest BCUT2D eigenvalue weighted by Crippen LogP contribution is 2.34. The van der Waals surface area contributed by atoms with E-state index in [-0.39, 0.29) is 0 Å². The number of benzene rings is 3. The SMILES string of the molecule is CCN(CC)c1cc(C)c2nc3c4cc(C)ccc4/c(=N\c4nccs4)cc-3oc2c1. The molecule has 2 heterocycles. The van der Waals surface area contributed by atoms with Gasteiger partial charge in [-0.1, -0.05) is 17.7 Å². The van der Waals surface area contributed by atoms with Crippen molar-refractivity contribution in [2.75, 3.05) is 18.0 Å². The zero-order valence-electron chi connectivity index (χ0n) is 18.1. The van der Waals surface area contributed by atoms with Crippen molar-refractivity contribution in [3.8, 4) is 11.5 Å². The molecule has 6 heteroatoms. The van der Waals surface area contributed by atoms with Crippen LogP contribution in [0.25, 0.3) is 33.3 Å². The fourth-order valence-corrected chi connectivity index (χ4v) is 4.61. The zero-order valence-corrected chi connectivity index (χ0v) is 19.0. The number of thiazole rings is 1. The highest BCUT2D eigenvalue weighted by molar-refractivity contribution is 7.13. The summed E-state index contributed by atoms with van der Waals surface area (Å²) in [5.41, 5.74) is 6.00. The van der Waals surface area contributed by atoms with E-state index < -0.39 is 0 Å². The number of aromatic nitrogens is 2. The van der Waals surface area contributed by atoms with Gasteiger partial charge in [-0.3, -0.25) is 0 Å². The second-order valence-corrected chi connectivity index (χ2v) is 8.59. The highest BCUT2D eigenvalue weighted by atomic mass is 32.1. The first-order valence-electron chi connectivity index (χ1n) is 10.5. The van der Waals surface area contributed by atoms with E-state index in [9.17, 15) is 0 Å². The Labute approximate surface area is 185 Å².